The standard InChI is InChI=1S/C13H19ClN2OS/c1-16(10-5-3-2-4-9(10)8-15)13(17)11-6-7-12(14)18-11/h6-7,9-10H,2-5,8,15H2,1H3. The maximum absolute atomic E-state index is 12.4. The van der Waals surface area contributed by atoms with Gasteiger partial charge in [0, 0.05) is 13.1 Å². The molecule has 1 heterocycles. The van der Waals surface area contributed by atoms with Gasteiger partial charge >= 0.3 is 0 Å². The Kier molecular flexibility index (Phi) is 4.65. The molecule has 0 saturated heterocycles. The Morgan fingerprint density at radius 3 is 2.83 bits per heavy atom. The first kappa shape index (κ1) is 13.8. The van der Waals surface area contributed by atoms with Crippen molar-refractivity contribution < 1.29 is 4.79 Å². The van der Waals surface area contributed by atoms with Crippen molar-refractivity contribution in [1.29, 1.82) is 0 Å². The molecule has 100 valence electrons. The third-order valence-electron chi connectivity index (χ3n) is 3.77. The van der Waals surface area contributed by atoms with E-state index < -0.39 is 0 Å². The van der Waals surface area contributed by atoms with Crippen molar-refractivity contribution in [2.45, 2.75) is 31.7 Å². The van der Waals surface area contributed by atoms with Gasteiger partial charge in [-0.3, -0.25) is 4.79 Å². The molecule has 1 aromatic rings. The average Bonchev–Trinajstić information content (AvgIpc) is 2.83. The predicted octanol–water partition coefficient (Wildman–Crippen LogP) is 2.99. The van der Waals surface area contributed by atoms with E-state index in [0.29, 0.717) is 21.7 Å². The molecule has 1 aliphatic carbocycles. The molecule has 3 nitrogen and oxygen atoms in total. The third kappa shape index (κ3) is 2.87. The van der Waals surface area contributed by atoms with Gasteiger partial charge in [-0.15, -0.1) is 11.3 Å². The van der Waals surface area contributed by atoms with Crippen LogP contribution in [0.2, 0.25) is 4.34 Å². The fourth-order valence-corrected chi connectivity index (χ4v) is 3.75. The summed E-state index contributed by atoms with van der Waals surface area (Å²) in [6.07, 6.45) is 4.60. The minimum atomic E-state index is 0.0669. The maximum atomic E-state index is 12.4. The molecule has 0 radical (unpaired) electrons. The summed E-state index contributed by atoms with van der Waals surface area (Å²) in [6, 6.07) is 3.85. The molecule has 2 unspecified atom stereocenters. The lowest BCUT2D eigenvalue weighted by Gasteiger charge is -2.37. The van der Waals surface area contributed by atoms with E-state index in [1.54, 1.807) is 12.1 Å². The van der Waals surface area contributed by atoms with Crippen LogP contribution in [0.5, 0.6) is 0 Å². The van der Waals surface area contributed by atoms with Crippen LogP contribution in [0.1, 0.15) is 35.4 Å². The fourth-order valence-electron chi connectivity index (χ4n) is 2.73. The van der Waals surface area contributed by atoms with Crippen molar-refractivity contribution in [2.75, 3.05) is 13.6 Å². The SMILES string of the molecule is CN(C(=O)c1ccc(Cl)s1)C1CCCCC1CN. The normalized spacial score (nSPS) is 23.9. The molecule has 0 aliphatic heterocycles. The van der Waals surface area contributed by atoms with Crippen molar-refractivity contribution in [3.8, 4) is 0 Å². The molecule has 1 aromatic heterocycles. The highest BCUT2D eigenvalue weighted by Gasteiger charge is 2.30. The summed E-state index contributed by atoms with van der Waals surface area (Å²) in [4.78, 5) is 14.9. The first-order chi connectivity index (χ1) is 8.63. The zero-order valence-electron chi connectivity index (χ0n) is 10.6. The van der Waals surface area contributed by atoms with Gasteiger partial charge in [0.25, 0.3) is 5.91 Å². The lowest BCUT2D eigenvalue weighted by atomic mass is 9.83. The highest BCUT2D eigenvalue weighted by atomic mass is 35.5. The number of rotatable bonds is 3. The molecule has 1 aliphatic rings. The number of carbonyl (C=O) groups excluding carboxylic acids is 1. The van der Waals surface area contributed by atoms with Crippen LogP contribution in [0.3, 0.4) is 0 Å². The zero-order valence-corrected chi connectivity index (χ0v) is 12.1. The molecule has 2 atom stereocenters. The first-order valence-corrected chi connectivity index (χ1v) is 7.55. The Bertz CT molecular complexity index is 421. The van der Waals surface area contributed by atoms with Gasteiger partial charge in [-0.1, -0.05) is 24.4 Å². The van der Waals surface area contributed by atoms with Crippen molar-refractivity contribution in [2.24, 2.45) is 11.7 Å². The van der Waals surface area contributed by atoms with Gasteiger partial charge in [-0.25, -0.2) is 0 Å². The van der Waals surface area contributed by atoms with E-state index in [4.69, 9.17) is 17.3 Å². The third-order valence-corrected chi connectivity index (χ3v) is 4.99. The Hall–Kier alpha value is -0.580. The van der Waals surface area contributed by atoms with Crippen molar-refractivity contribution in [3.05, 3.63) is 21.3 Å². The van der Waals surface area contributed by atoms with E-state index in [1.807, 2.05) is 11.9 Å². The summed E-state index contributed by atoms with van der Waals surface area (Å²) in [7, 11) is 1.88. The Morgan fingerprint density at radius 1 is 1.50 bits per heavy atom. The molecule has 5 heteroatoms. The Labute approximate surface area is 117 Å². The highest BCUT2D eigenvalue weighted by Crippen LogP contribution is 2.29. The molecule has 1 saturated carbocycles. The summed E-state index contributed by atoms with van der Waals surface area (Å²) in [5, 5.41) is 0. The second-order valence-corrected chi connectivity index (χ2v) is 6.58. The minimum Gasteiger partial charge on any atom is -0.338 e. The van der Waals surface area contributed by atoms with E-state index in [9.17, 15) is 4.79 Å². The molecule has 2 rings (SSSR count). The molecule has 1 amide bonds. The van der Waals surface area contributed by atoms with Gasteiger partial charge in [0.05, 0.1) is 9.21 Å². The summed E-state index contributed by atoms with van der Waals surface area (Å²) in [6.45, 7) is 0.660. The van der Waals surface area contributed by atoms with E-state index in [-0.39, 0.29) is 11.9 Å². The fraction of sp³-hybridized carbons (Fsp3) is 0.615. The largest absolute Gasteiger partial charge is 0.338 e. The first-order valence-electron chi connectivity index (χ1n) is 6.36. The van der Waals surface area contributed by atoms with E-state index in [2.05, 4.69) is 0 Å². The minimum absolute atomic E-state index is 0.0669. The monoisotopic (exact) mass is 286 g/mol. The molecular formula is C13H19ClN2OS. The lowest BCUT2D eigenvalue weighted by Crippen LogP contribution is -2.45. The van der Waals surface area contributed by atoms with Crippen molar-refractivity contribution in [3.63, 3.8) is 0 Å². The smallest absolute Gasteiger partial charge is 0.263 e. The van der Waals surface area contributed by atoms with Crippen LogP contribution in [0, 0.1) is 5.92 Å². The molecule has 18 heavy (non-hydrogen) atoms. The number of amides is 1. The van der Waals surface area contributed by atoms with Gasteiger partial charge in [0.15, 0.2) is 0 Å². The van der Waals surface area contributed by atoms with Gasteiger partial charge in [-0.05, 0) is 37.4 Å². The second-order valence-electron chi connectivity index (χ2n) is 4.87. The Morgan fingerprint density at radius 2 is 2.22 bits per heavy atom. The summed E-state index contributed by atoms with van der Waals surface area (Å²) < 4.78 is 0.658. The molecule has 0 bridgehead atoms. The van der Waals surface area contributed by atoms with Gasteiger partial charge in [-0.2, -0.15) is 0 Å². The summed E-state index contributed by atoms with van der Waals surface area (Å²) >= 11 is 7.22. The van der Waals surface area contributed by atoms with Crippen molar-refractivity contribution >= 4 is 28.8 Å². The quantitative estimate of drug-likeness (QED) is 0.928. The number of thiophene rings is 1. The maximum Gasteiger partial charge on any atom is 0.263 e. The second kappa shape index (κ2) is 6.04. The summed E-state index contributed by atoms with van der Waals surface area (Å²) in [5.74, 6) is 0.500. The molecule has 2 N–H and O–H groups in total. The van der Waals surface area contributed by atoms with Crippen LogP contribution in [-0.2, 0) is 0 Å². The van der Waals surface area contributed by atoms with Crippen LogP contribution < -0.4 is 5.73 Å². The van der Waals surface area contributed by atoms with Gasteiger partial charge < -0.3 is 10.6 Å². The zero-order chi connectivity index (χ0) is 13.1. The number of halogens is 1. The van der Waals surface area contributed by atoms with Crippen LogP contribution in [0.4, 0.5) is 0 Å². The topological polar surface area (TPSA) is 46.3 Å². The molecule has 0 aromatic carbocycles. The number of carbonyl (C=O) groups is 1. The summed E-state index contributed by atoms with van der Waals surface area (Å²) in [5.41, 5.74) is 5.82. The van der Waals surface area contributed by atoms with Gasteiger partial charge in [0.2, 0.25) is 0 Å². The van der Waals surface area contributed by atoms with Crippen LogP contribution in [0.25, 0.3) is 0 Å². The van der Waals surface area contributed by atoms with Crippen LogP contribution in [-0.4, -0.2) is 30.4 Å². The van der Waals surface area contributed by atoms with E-state index in [1.165, 1.54) is 24.2 Å². The lowest BCUT2D eigenvalue weighted by molar-refractivity contribution is 0.0625. The number of nitrogens with zero attached hydrogens (tertiary/aromatic N) is 1. The highest BCUT2D eigenvalue weighted by molar-refractivity contribution is 7.17. The number of hydrogen-bond donors (Lipinski definition) is 1. The van der Waals surface area contributed by atoms with Crippen molar-refractivity contribution in [1.82, 2.24) is 4.90 Å². The van der Waals surface area contributed by atoms with Crippen LogP contribution >= 0.6 is 22.9 Å². The van der Waals surface area contributed by atoms with Crippen LogP contribution in [0.15, 0.2) is 12.1 Å². The molecular weight excluding hydrogens is 268 g/mol. The predicted molar refractivity (Wildman–Crippen MR) is 76.2 cm³/mol. The number of nitrogens with two attached hydrogens (primary N) is 1. The van der Waals surface area contributed by atoms with Gasteiger partial charge in [0.1, 0.15) is 0 Å². The Balaban J connectivity index is 2.09. The van der Waals surface area contributed by atoms with E-state index >= 15 is 0 Å². The molecule has 0 spiro atoms. The number of hydrogen-bond acceptors (Lipinski definition) is 3. The molecule has 1 fully saturated rings. The average molecular weight is 287 g/mol. The van der Waals surface area contributed by atoms with E-state index in [0.717, 1.165) is 12.8 Å².